The standard InChI is InChI=1S/C18H28N4O2.HI/c1-15-3-2-4-16(13-15)17(21-5-9-23-10-6-21)14-20-18(19)22-7-11-24-12-8-22;/h2-4,13,17H,5-12,14H2,1H3,(H2,19,20);1H. The van der Waals surface area contributed by atoms with Gasteiger partial charge in [0.05, 0.1) is 39.0 Å². The van der Waals surface area contributed by atoms with E-state index >= 15 is 0 Å². The Kier molecular flexibility index (Phi) is 8.41. The van der Waals surface area contributed by atoms with E-state index < -0.39 is 0 Å². The van der Waals surface area contributed by atoms with E-state index in [1.807, 2.05) is 0 Å². The summed E-state index contributed by atoms with van der Waals surface area (Å²) < 4.78 is 10.9. The van der Waals surface area contributed by atoms with Crippen LogP contribution >= 0.6 is 24.0 Å². The Bertz CT molecular complexity index is 558. The summed E-state index contributed by atoms with van der Waals surface area (Å²) in [6.45, 7) is 9.33. The molecule has 2 fully saturated rings. The first-order valence-corrected chi connectivity index (χ1v) is 8.75. The number of ether oxygens (including phenoxy) is 2. The summed E-state index contributed by atoms with van der Waals surface area (Å²) in [5.41, 5.74) is 8.79. The molecule has 2 N–H and O–H groups in total. The summed E-state index contributed by atoms with van der Waals surface area (Å²) in [7, 11) is 0. The van der Waals surface area contributed by atoms with E-state index in [0.717, 1.165) is 52.6 Å². The third kappa shape index (κ3) is 5.80. The maximum absolute atomic E-state index is 6.21. The third-order valence-electron chi connectivity index (χ3n) is 4.67. The number of hydrogen-bond donors (Lipinski definition) is 1. The number of nitrogens with zero attached hydrogens (tertiary/aromatic N) is 3. The van der Waals surface area contributed by atoms with Gasteiger partial charge in [-0.05, 0) is 12.5 Å². The fourth-order valence-corrected chi connectivity index (χ4v) is 3.27. The molecule has 0 amide bonds. The maximum Gasteiger partial charge on any atom is 0.191 e. The van der Waals surface area contributed by atoms with Gasteiger partial charge in [0.1, 0.15) is 0 Å². The Morgan fingerprint density at radius 3 is 2.40 bits per heavy atom. The lowest BCUT2D eigenvalue weighted by Crippen LogP contribution is -2.45. The van der Waals surface area contributed by atoms with Crippen LogP contribution in [0, 0.1) is 6.92 Å². The van der Waals surface area contributed by atoms with Gasteiger partial charge in [-0.2, -0.15) is 0 Å². The zero-order chi connectivity index (χ0) is 16.8. The van der Waals surface area contributed by atoms with Crippen molar-refractivity contribution in [3.63, 3.8) is 0 Å². The maximum atomic E-state index is 6.21. The average molecular weight is 460 g/mol. The van der Waals surface area contributed by atoms with Crippen LogP contribution in [-0.4, -0.2) is 74.9 Å². The second kappa shape index (κ2) is 10.3. The molecule has 1 unspecified atom stereocenters. The molecular formula is C18H29IN4O2. The Morgan fingerprint density at radius 2 is 1.76 bits per heavy atom. The Balaban J connectivity index is 0.00000225. The molecule has 2 aliphatic heterocycles. The number of aryl methyl sites for hydroxylation is 1. The lowest BCUT2D eigenvalue weighted by atomic mass is 10.0. The van der Waals surface area contributed by atoms with E-state index in [1.54, 1.807) is 0 Å². The number of rotatable bonds is 4. The summed E-state index contributed by atoms with van der Waals surface area (Å²) in [6, 6.07) is 8.93. The van der Waals surface area contributed by atoms with E-state index in [2.05, 4.69) is 41.0 Å². The van der Waals surface area contributed by atoms with Crippen LogP contribution in [0.4, 0.5) is 0 Å². The molecular weight excluding hydrogens is 431 g/mol. The molecule has 0 aromatic heterocycles. The van der Waals surface area contributed by atoms with Gasteiger partial charge in [0, 0.05) is 26.2 Å². The molecule has 1 atom stereocenters. The minimum absolute atomic E-state index is 0. The quantitative estimate of drug-likeness (QED) is 0.421. The highest BCUT2D eigenvalue weighted by molar-refractivity contribution is 14.0. The smallest absolute Gasteiger partial charge is 0.191 e. The highest BCUT2D eigenvalue weighted by atomic mass is 127. The van der Waals surface area contributed by atoms with E-state index in [4.69, 9.17) is 20.2 Å². The SMILES string of the molecule is Cc1cccc(C(CN=C(N)N2CCOCC2)N2CCOCC2)c1.I. The lowest BCUT2D eigenvalue weighted by molar-refractivity contribution is 0.0178. The van der Waals surface area contributed by atoms with Crippen LogP contribution in [0.1, 0.15) is 17.2 Å². The van der Waals surface area contributed by atoms with E-state index in [1.165, 1.54) is 11.1 Å². The molecule has 2 saturated heterocycles. The zero-order valence-corrected chi connectivity index (χ0v) is 17.2. The van der Waals surface area contributed by atoms with Crippen molar-refractivity contribution in [1.29, 1.82) is 0 Å². The fraction of sp³-hybridized carbons (Fsp3) is 0.611. The van der Waals surface area contributed by atoms with Crippen molar-refractivity contribution in [2.45, 2.75) is 13.0 Å². The van der Waals surface area contributed by atoms with Gasteiger partial charge in [-0.15, -0.1) is 24.0 Å². The normalized spacial score (nSPS) is 20.8. The van der Waals surface area contributed by atoms with E-state index in [-0.39, 0.29) is 30.0 Å². The molecule has 0 bridgehead atoms. The third-order valence-corrected chi connectivity index (χ3v) is 4.67. The van der Waals surface area contributed by atoms with Crippen molar-refractivity contribution in [3.8, 4) is 0 Å². The number of benzene rings is 1. The van der Waals surface area contributed by atoms with Crippen molar-refractivity contribution >= 4 is 29.9 Å². The molecule has 0 radical (unpaired) electrons. The molecule has 2 aliphatic rings. The van der Waals surface area contributed by atoms with Gasteiger partial charge in [-0.3, -0.25) is 9.89 Å². The summed E-state index contributed by atoms with van der Waals surface area (Å²) in [4.78, 5) is 9.27. The molecule has 1 aromatic carbocycles. The van der Waals surface area contributed by atoms with Crippen LogP contribution in [-0.2, 0) is 9.47 Å². The van der Waals surface area contributed by atoms with Crippen molar-refractivity contribution < 1.29 is 9.47 Å². The predicted octanol–water partition coefficient (Wildman–Crippen LogP) is 1.63. The van der Waals surface area contributed by atoms with Gasteiger partial charge in [0.15, 0.2) is 5.96 Å². The molecule has 3 rings (SSSR count). The van der Waals surface area contributed by atoms with Crippen LogP contribution in [0.15, 0.2) is 29.3 Å². The summed E-state index contributed by atoms with van der Waals surface area (Å²) in [5, 5.41) is 0. The number of nitrogens with two attached hydrogens (primary N) is 1. The minimum Gasteiger partial charge on any atom is -0.379 e. The zero-order valence-electron chi connectivity index (χ0n) is 14.9. The van der Waals surface area contributed by atoms with Gasteiger partial charge in [0.2, 0.25) is 0 Å². The van der Waals surface area contributed by atoms with Crippen LogP contribution in [0.3, 0.4) is 0 Å². The molecule has 0 spiro atoms. The van der Waals surface area contributed by atoms with Crippen LogP contribution in [0.2, 0.25) is 0 Å². The number of guanidine groups is 1. The number of hydrogen-bond acceptors (Lipinski definition) is 4. The molecule has 0 aliphatic carbocycles. The molecule has 6 nitrogen and oxygen atoms in total. The molecule has 25 heavy (non-hydrogen) atoms. The number of morpholine rings is 2. The summed E-state index contributed by atoms with van der Waals surface area (Å²) in [6.07, 6.45) is 0. The van der Waals surface area contributed by atoms with Crippen LogP contribution < -0.4 is 5.73 Å². The van der Waals surface area contributed by atoms with Gasteiger partial charge < -0.3 is 20.1 Å². The van der Waals surface area contributed by atoms with Gasteiger partial charge in [-0.25, -0.2) is 0 Å². The van der Waals surface area contributed by atoms with Gasteiger partial charge in [0.25, 0.3) is 0 Å². The van der Waals surface area contributed by atoms with E-state index in [9.17, 15) is 0 Å². The first-order chi connectivity index (χ1) is 11.7. The van der Waals surface area contributed by atoms with Crippen molar-refractivity contribution in [2.75, 3.05) is 59.2 Å². The fourth-order valence-electron chi connectivity index (χ4n) is 3.27. The molecule has 0 saturated carbocycles. The first kappa shape index (κ1) is 20.4. The average Bonchev–Trinajstić information content (AvgIpc) is 2.63. The molecule has 7 heteroatoms. The van der Waals surface area contributed by atoms with Crippen LogP contribution in [0.5, 0.6) is 0 Å². The minimum atomic E-state index is 0. The second-order valence-electron chi connectivity index (χ2n) is 6.38. The predicted molar refractivity (Wildman–Crippen MR) is 111 cm³/mol. The van der Waals surface area contributed by atoms with Crippen molar-refractivity contribution in [2.24, 2.45) is 10.7 Å². The highest BCUT2D eigenvalue weighted by Crippen LogP contribution is 2.23. The van der Waals surface area contributed by atoms with Gasteiger partial charge >= 0.3 is 0 Å². The highest BCUT2D eigenvalue weighted by Gasteiger charge is 2.23. The monoisotopic (exact) mass is 460 g/mol. The van der Waals surface area contributed by atoms with Crippen molar-refractivity contribution in [3.05, 3.63) is 35.4 Å². The van der Waals surface area contributed by atoms with Crippen LogP contribution in [0.25, 0.3) is 0 Å². The Hall–Kier alpha value is -0.900. The first-order valence-electron chi connectivity index (χ1n) is 8.75. The topological polar surface area (TPSA) is 63.3 Å². The number of halogens is 1. The molecule has 140 valence electrons. The number of aliphatic imine (C=N–C) groups is 1. The Morgan fingerprint density at radius 1 is 1.12 bits per heavy atom. The Labute approximate surface area is 167 Å². The van der Waals surface area contributed by atoms with Crippen molar-refractivity contribution in [1.82, 2.24) is 9.80 Å². The summed E-state index contributed by atoms with van der Waals surface area (Å²) in [5.74, 6) is 0.629. The molecule has 2 heterocycles. The lowest BCUT2D eigenvalue weighted by Gasteiger charge is -2.34. The second-order valence-corrected chi connectivity index (χ2v) is 6.38. The molecule has 1 aromatic rings. The van der Waals surface area contributed by atoms with E-state index in [0.29, 0.717) is 12.5 Å². The van der Waals surface area contributed by atoms with Gasteiger partial charge in [-0.1, -0.05) is 29.8 Å². The summed E-state index contributed by atoms with van der Waals surface area (Å²) >= 11 is 0. The largest absolute Gasteiger partial charge is 0.379 e.